The Morgan fingerprint density at radius 1 is 1.11 bits per heavy atom. The molecule has 0 N–H and O–H groups in total. The normalized spacial score (nSPS) is 15.4. The number of benzene rings is 1. The Kier molecular flexibility index (Phi) is 3.31. The van der Waals surface area contributed by atoms with Crippen LogP contribution in [-0.4, -0.2) is 16.4 Å². The van der Waals surface area contributed by atoms with Crippen LogP contribution in [0.25, 0.3) is 0 Å². The van der Waals surface area contributed by atoms with E-state index in [0.717, 1.165) is 31.6 Å². The molecule has 1 aromatic heterocycles. The number of hydrogen-bond acceptors (Lipinski definition) is 2. The predicted octanol–water partition coefficient (Wildman–Crippen LogP) is 3.29. The van der Waals surface area contributed by atoms with Crippen LogP contribution in [0.3, 0.4) is 0 Å². The van der Waals surface area contributed by atoms with Crippen LogP contribution in [0.1, 0.15) is 16.7 Å². The van der Waals surface area contributed by atoms with Gasteiger partial charge in [-0.2, -0.15) is 0 Å². The second-order valence-corrected chi connectivity index (χ2v) is 5.04. The fourth-order valence-corrected chi connectivity index (χ4v) is 2.65. The van der Waals surface area contributed by atoms with Crippen molar-refractivity contribution >= 4 is 11.6 Å². The minimum atomic E-state index is 0.622. The maximum atomic E-state index is 6.11. The van der Waals surface area contributed by atoms with E-state index >= 15 is 0 Å². The second kappa shape index (κ2) is 5.09. The van der Waals surface area contributed by atoms with E-state index < -0.39 is 0 Å². The fourth-order valence-electron chi connectivity index (χ4n) is 2.47. The Hall–Kier alpha value is -1.38. The third kappa shape index (κ3) is 2.40. The van der Waals surface area contributed by atoms with Gasteiger partial charge in [0, 0.05) is 31.4 Å². The molecule has 0 radical (unpaired) electrons. The average molecular weight is 259 g/mol. The van der Waals surface area contributed by atoms with E-state index in [0.29, 0.717) is 5.15 Å². The topological polar surface area (TPSA) is 16.1 Å². The zero-order valence-corrected chi connectivity index (χ0v) is 10.9. The van der Waals surface area contributed by atoms with E-state index in [1.54, 1.807) is 6.20 Å². The summed E-state index contributed by atoms with van der Waals surface area (Å²) in [6.45, 7) is 2.96. The summed E-state index contributed by atoms with van der Waals surface area (Å²) in [5, 5.41) is 0.622. The zero-order valence-electron chi connectivity index (χ0n) is 10.1. The molecule has 0 aliphatic carbocycles. The fraction of sp³-hybridized carbons (Fsp3) is 0.267. The summed E-state index contributed by atoms with van der Waals surface area (Å²) in [7, 11) is 0. The van der Waals surface area contributed by atoms with Gasteiger partial charge in [-0.25, -0.2) is 4.98 Å². The lowest BCUT2D eigenvalue weighted by atomic mass is 10.00. The van der Waals surface area contributed by atoms with Crippen molar-refractivity contribution in [2.75, 3.05) is 6.54 Å². The molecule has 0 unspecified atom stereocenters. The summed E-state index contributed by atoms with van der Waals surface area (Å²) in [4.78, 5) is 6.55. The van der Waals surface area contributed by atoms with Crippen LogP contribution in [0.5, 0.6) is 0 Å². The monoisotopic (exact) mass is 258 g/mol. The van der Waals surface area contributed by atoms with Crippen molar-refractivity contribution in [3.8, 4) is 0 Å². The highest BCUT2D eigenvalue weighted by molar-refractivity contribution is 6.30. The average Bonchev–Trinajstić information content (AvgIpc) is 2.41. The lowest BCUT2D eigenvalue weighted by molar-refractivity contribution is 0.245. The van der Waals surface area contributed by atoms with Gasteiger partial charge in [-0.05, 0) is 23.6 Å². The molecule has 1 aliphatic heterocycles. The quantitative estimate of drug-likeness (QED) is 0.769. The van der Waals surface area contributed by atoms with Crippen LogP contribution in [-0.2, 0) is 19.5 Å². The number of rotatable bonds is 2. The number of hydrogen-bond donors (Lipinski definition) is 0. The number of fused-ring (bicyclic) bond motifs is 1. The third-order valence-electron chi connectivity index (χ3n) is 3.44. The molecule has 0 fully saturated rings. The number of nitrogens with zero attached hydrogens (tertiary/aromatic N) is 2. The molecule has 0 saturated heterocycles. The molecule has 0 saturated carbocycles. The van der Waals surface area contributed by atoms with Gasteiger partial charge in [0.2, 0.25) is 0 Å². The Morgan fingerprint density at radius 3 is 2.78 bits per heavy atom. The minimum Gasteiger partial charge on any atom is -0.294 e. The van der Waals surface area contributed by atoms with Gasteiger partial charge in [-0.3, -0.25) is 4.90 Å². The van der Waals surface area contributed by atoms with Gasteiger partial charge >= 0.3 is 0 Å². The Labute approximate surface area is 112 Å². The standard InChI is InChI=1S/C15H15ClN2/c16-15-14(6-3-8-17-15)11-18-9-7-12-4-1-2-5-13(12)10-18/h1-6,8H,7,9-11H2. The van der Waals surface area contributed by atoms with Crippen molar-refractivity contribution in [1.29, 1.82) is 0 Å². The van der Waals surface area contributed by atoms with Crippen molar-refractivity contribution in [3.05, 3.63) is 64.4 Å². The van der Waals surface area contributed by atoms with Crippen molar-refractivity contribution in [3.63, 3.8) is 0 Å². The predicted molar refractivity (Wildman–Crippen MR) is 73.5 cm³/mol. The van der Waals surface area contributed by atoms with Gasteiger partial charge in [-0.15, -0.1) is 0 Å². The second-order valence-electron chi connectivity index (χ2n) is 4.68. The maximum Gasteiger partial charge on any atom is 0.133 e. The molecule has 2 aromatic rings. The van der Waals surface area contributed by atoms with Crippen LogP contribution in [0, 0.1) is 0 Å². The molecule has 3 heteroatoms. The first kappa shape index (κ1) is 11.7. The molecule has 18 heavy (non-hydrogen) atoms. The van der Waals surface area contributed by atoms with Crippen LogP contribution in [0.15, 0.2) is 42.6 Å². The van der Waals surface area contributed by atoms with Crippen molar-refractivity contribution in [2.45, 2.75) is 19.5 Å². The van der Waals surface area contributed by atoms with Gasteiger partial charge in [0.05, 0.1) is 0 Å². The first-order chi connectivity index (χ1) is 8.83. The number of pyridine rings is 1. The number of aromatic nitrogens is 1. The molecule has 0 spiro atoms. The molecule has 0 bridgehead atoms. The molecule has 92 valence electrons. The Morgan fingerprint density at radius 2 is 1.94 bits per heavy atom. The van der Waals surface area contributed by atoms with Crippen LogP contribution < -0.4 is 0 Å². The molecule has 3 rings (SSSR count). The van der Waals surface area contributed by atoms with E-state index in [2.05, 4.69) is 40.2 Å². The SMILES string of the molecule is Clc1ncccc1CN1CCc2ccccc2C1. The molecular weight excluding hydrogens is 244 g/mol. The Bertz CT molecular complexity index is 554. The molecule has 0 amide bonds. The van der Waals surface area contributed by atoms with Gasteiger partial charge in [0.1, 0.15) is 5.15 Å². The summed E-state index contributed by atoms with van der Waals surface area (Å²) in [6, 6.07) is 12.7. The van der Waals surface area contributed by atoms with Gasteiger partial charge in [0.25, 0.3) is 0 Å². The van der Waals surface area contributed by atoms with Crippen molar-refractivity contribution in [1.82, 2.24) is 9.88 Å². The van der Waals surface area contributed by atoms with E-state index in [1.807, 2.05) is 6.07 Å². The smallest absolute Gasteiger partial charge is 0.133 e. The molecule has 2 heterocycles. The lowest BCUT2D eigenvalue weighted by Crippen LogP contribution is -2.30. The molecule has 2 nitrogen and oxygen atoms in total. The van der Waals surface area contributed by atoms with Gasteiger partial charge in [-0.1, -0.05) is 41.9 Å². The maximum absolute atomic E-state index is 6.11. The highest BCUT2D eigenvalue weighted by Crippen LogP contribution is 2.21. The largest absolute Gasteiger partial charge is 0.294 e. The minimum absolute atomic E-state index is 0.622. The van der Waals surface area contributed by atoms with Gasteiger partial charge < -0.3 is 0 Å². The summed E-state index contributed by atoms with van der Waals surface area (Å²) in [6.07, 6.45) is 2.85. The molecular formula is C15H15ClN2. The molecule has 1 aromatic carbocycles. The summed E-state index contributed by atoms with van der Waals surface area (Å²) in [5.41, 5.74) is 4.02. The van der Waals surface area contributed by atoms with E-state index in [4.69, 9.17) is 11.6 Å². The Balaban J connectivity index is 1.75. The highest BCUT2D eigenvalue weighted by Gasteiger charge is 2.16. The number of halogens is 1. The third-order valence-corrected chi connectivity index (χ3v) is 3.78. The van der Waals surface area contributed by atoms with Crippen LogP contribution in [0.2, 0.25) is 5.15 Å². The summed E-state index contributed by atoms with van der Waals surface area (Å²) < 4.78 is 0. The first-order valence-corrected chi connectivity index (χ1v) is 6.59. The van der Waals surface area contributed by atoms with E-state index in [9.17, 15) is 0 Å². The van der Waals surface area contributed by atoms with Crippen LogP contribution in [0.4, 0.5) is 0 Å². The van der Waals surface area contributed by atoms with E-state index in [-0.39, 0.29) is 0 Å². The summed E-state index contributed by atoms with van der Waals surface area (Å²) in [5.74, 6) is 0. The molecule has 0 atom stereocenters. The van der Waals surface area contributed by atoms with Crippen molar-refractivity contribution in [2.24, 2.45) is 0 Å². The molecule has 1 aliphatic rings. The van der Waals surface area contributed by atoms with Crippen molar-refractivity contribution < 1.29 is 0 Å². The first-order valence-electron chi connectivity index (χ1n) is 6.21. The van der Waals surface area contributed by atoms with E-state index in [1.165, 1.54) is 11.1 Å². The highest BCUT2D eigenvalue weighted by atomic mass is 35.5. The lowest BCUT2D eigenvalue weighted by Gasteiger charge is -2.28. The van der Waals surface area contributed by atoms with Gasteiger partial charge in [0.15, 0.2) is 0 Å². The van der Waals surface area contributed by atoms with Crippen LogP contribution >= 0.6 is 11.6 Å². The zero-order chi connectivity index (χ0) is 12.4. The summed E-state index contributed by atoms with van der Waals surface area (Å²) >= 11 is 6.11.